The first-order chi connectivity index (χ1) is 8.11. The summed E-state index contributed by atoms with van der Waals surface area (Å²) in [4.78, 5) is 0. The average molecular weight is 235 g/mol. The maximum atomic E-state index is 4.30. The minimum absolute atomic E-state index is 0.515. The molecule has 0 aliphatic heterocycles. The molecule has 0 radical (unpaired) electrons. The Hall–Kier alpha value is -0.830. The van der Waals surface area contributed by atoms with Crippen LogP contribution in [0.2, 0.25) is 0 Å². The van der Waals surface area contributed by atoms with Gasteiger partial charge in [-0.25, -0.2) is 0 Å². The first-order valence-corrected chi connectivity index (χ1v) is 6.85. The Bertz CT molecular complexity index is 354. The smallest absolute Gasteiger partial charge is 0.0522 e. The van der Waals surface area contributed by atoms with Crippen molar-refractivity contribution in [2.45, 2.75) is 65.6 Å². The van der Waals surface area contributed by atoms with Crippen molar-refractivity contribution in [3.05, 3.63) is 18.0 Å². The van der Waals surface area contributed by atoms with Crippen LogP contribution in [0, 0.1) is 5.41 Å². The van der Waals surface area contributed by atoms with E-state index in [-0.39, 0.29) is 0 Å². The van der Waals surface area contributed by atoms with Crippen molar-refractivity contribution in [2.75, 3.05) is 0 Å². The molecule has 1 saturated carbocycles. The molecule has 1 fully saturated rings. The molecule has 17 heavy (non-hydrogen) atoms. The summed E-state index contributed by atoms with van der Waals surface area (Å²) in [5, 5.41) is 8.00. The maximum absolute atomic E-state index is 4.30. The molecule has 0 saturated heterocycles. The summed E-state index contributed by atoms with van der Waals surface area (Å²) in [6.45, 7) is 8.82. The van der Waals surface area contributed by atoms with Crippen molar-refractivity contribution in [1.29, 1.82) is 0 Å². The van der Waals surface area contributed by atoms with E-state index in [0.29, 0.717) is 11.5 Å². The van der Waals surface area contributed by atoms with Crippen LogP contribution in [-0.2, 0) is 13.1 Å². The molecule has 1 aromatic heterocycles. The summed E-state index contributed by atoms with van der Waals surface area (Å²) in [6.07, 6.45) is 7.25. The van der Waals surface area contributed by atoms with Gasteiger partial charge in [0.25, 0.3) is 0 Å². The third-order valence-corrected chi connectivity index (χ3v) is 3.88. The lowest BCUT2D eigenvalue weighted by molar-refractivity contribution is 0.197. The van der Waals surface area contributed by atoms with Crippen LogP contribution in [0.25, 0.3) is 0 Å². The molecular formula is C14H25N3. The van der Waals surface area contributed by atoms with E-state index in [9.17, 15) is 0 Å². The van der Waals surface area contributed by atoms with Gasteiger partial charge in [0.05, 0.1) is 5.69 Å². The van der Waals surface area contributed by atoms with Gasteiger partial charge in [0.15, 0.2) is 0 Å². The minimum Gasteiger partial charge on any atom is -0.308 e. The van der Waals surface area contributed by atoms with E-state index in [4.69, 9.17) is 0 Å². The van der Waals surface area contributed by atoms with Gasteiger partial charge in [0, 0.05) is 25.3 Å². The fraction of sp³-hybridized carbons (Fsp3) is 0.786. The molecule has 1 heterocycles. The molecular weight excluding hydrogens is 210 g/mol. The molecule has 0 spiro atoms. The zero-order valence-electron chi connectivity index (χ0n) is 11.4. The minimum atomic E-state index is 0.515. The molecule has 3 heteroatoms. The first kappa shape index (κ1) is 12.6. The quantitative estimate of drug-likeness (QED) is 0.869. The molecule has 0 bridgehead atoms. The second-order valence-corrected chi connectivity index (χ2v) is 5.98. The Morgan fingerprint density at radius 2 is 2.35 bits per heavy atom. The van der Waals surface area contributed by atoms with Crippen LogP contribution < -0.4 is 5.32 Å². The molecule has 96 valence electrons. The van der Waals surface area contributed by atoms with Crippen LogP contribution >= 0.6 is 0 Å². The zero-order chi connectivity index (χ0) is 12.3. The van der Waals surface area contributed by atoms with Crippen molar-refractivity contribution in [1.82, 2.24) is 15.1 Å². The standard InChI is InChI=1S/C14H25N3/c1-4-17-13(7-9-16-17)11-15-12-6-5-8-14(2,3)10-12/h7,9,12,15H,4-6,8,10-11H2,1-3H3. The fourth-order valence-electron chi connectivity index (χ4n) is 2.92. The molecule has 0 aromatic carbocycles. The van der Waals surface area contributed by atoms with Crippen molar-refractivity contribution in [2.24, 2.45) is 5.41 Å². The SMILES string of the molecule is CCn1nccc1CNC1CCCC(C)(C)C1. The molecule has 0 amide bonds. The number of hydrogen-bond acceptors (Lipinski definition) is 2. The Labute approximate surface area is 105 Å². The number of hydrogen-bond donors (Lipinski definition) is 1. The van der Waals surface area contributed by atoms with E-state index >= 15 is 0 Å². The third-order valence-electron chi connectivity index (χ3n) is 3.88. The van der Waals surface area contributed by atoms with Gasteiger partial charge in [-0.05, 0) is 37.7 Å². The number of nitrogens with one attached hydrogen (secondary N) is 1. The average Bonchev–Trinajstić information content (AvgIpc) is 2.72. The Morgan fingerprint density at radius 1 is 1.53 bits per heavy atom. The van der Waals surface area contributed by atoms with Crippen molar-refractivity contribution >= 4 is 0 Å². The van der Waals surface area contributed by atoms with Crippen LogP contribution in [-0.4, -0.2) is 15.8 Å². The predicted molar refractivity (Wildman–Crippen MR) is 70.8 cm³/mol. The normalized spacial score (nSPS) is 23.8. The van der Waals surface area contributed by atoms with Crippen LogP contribution in [0.3, 0.4) is 0 Å². The van der Waals surface area contributed by atoms with Gasteiger partial charge in [-0.3, -0.25) is 4.68 Å². The maximum Gasteiger partial charge on any atom is 0.0522 e. The van der Waals surface area contributed by atoms with E-state index in [1.54, 1.807) is 0 Å². The Kier molecular flexibility index (Phi) is 3.87. The van der Waals surface area contributed by atoms with Crippen LogP contribution in [0.4, 0.5) is 0 Å². The highest BCUT2D eigenvalue weighted by Crippen LogP contribution is 2.35. The lowest BCUT2D eigenvalue weighted by Gasteiger charge is -2.35. The first-order valence-electron chi connectivity index (χ1n) is 6.85. The van der Waals surface area contributed by atoms with Crippen molar-refractivity contribution in [3.8, 4) is 0 Å². The number of rotatable bonds is 4. The molecule has 1 unspecified atom stereocenters. The second-order valence-electron chi connectivity index (χ2n) is 5.98. The van der Waals surface area contributed by atoms with E-state index in [2.05, 4.69) is 41.9 Å². The second kappa shape index (κ2) is 5.21. The highest BCUT2D eigenvalue weighted by molar-refractivity contribution is 5.00. The molecule has 1 aliphatic rings. The summed E-state index contributed by atoms with van der Waals surface area (Å²) in [5.41, 5.74) is 1.82. The van der Waals surface area contributed by atoms with Gasteiger partial charge in [0.1, 0.15) is 0 Å². The van der Waals surface area contributed by atoms with E-state index in [0.717, 1.165) is 13.1 Å². The number of aryl methyl sites for hydroxylation is 1. The molecule has 1 aromatic rings. The van der Waals surface area contributed by atoms with Gasteiger partial charge >= 0.3 is 0 Å². The van der Waals surface area contributed by atoms with Gasteiger partial charge in [-0.15, -0.1) is 0 Å². The Balaban J connectivity index is 1.86. The highest BCUT2D eigenvalue weighted by atomic mass is 15.3. The number of aromatic nitrogens is 2. The van der Waals surface area contributed by atoms with Crippen molar-refractivity contribution < 1.29 is 0 Å². The lowest BCUT2D eigenvalue weighted by atomic mass is 9.75. The van der Waals surface area contributed by atoms with E-state index in [1.807, 2.05) is 6.20 Å². The third kappa shape index (κ3) is 3.32. The number of nitrogens with zero attached hydrogens (tertiary/aromatic N) is 2. The highest BCUT2D eigenvalue weighted by Gasteiger charge is 2.27. The van der Waals surface area contributed by atoms with Crippen LogP contribution in [0.15, 0.2) is 12.3 Å². The molecule has 1 N–H and O–H groups in total. The molecule has 3 nitrogen and oxygen atoms in total. The van der Waals surface area contributed by atoms with Crippen molar-refractivity contribution in [3.63, 3.8) is 0 Å². The topological polar surface area (TPSA) is 29.9 Å². The summed E-state index contributed by atoms with van der Waals surface area (Å²) in [7, 11) is 0. The van der Waals surface area contributed by atoms with Gasteiger partial charge in [-0.2, -0.15) is 5.10 Å². The molecule has 1 aliphatic carbocycles. The van der Waals surface area contributed by atoms with Gasteiger partial charge in [-0.1, -0.05) is 20.3 Å². The summed E-state index contributed by atoms with van der Waals surface area (Å²) in [6, 6.07) is 2.80. The predicted octanol–water partition coefficient (Wildman–Crippen LogP) is 2.96. The summed E-state index contributed by atoms with van der Waals surface area (Å²) < 4.78 is 2.07. The summed E-state index contributed by atoms with van der Waals surface area (Å²) >= 11 is 0. The summed E-state index contributed by atoms with van der Waals surface area (Å²) in [5.74, 6) is 0. The monoisotopic (exact) mass is 235 g/mol. The molecule has 1 atom stereocenters. The van der Waals surface area contributed by atoms with Gasteiger partial charge in [0.2, 0.25) is 0 Å². The van der Waals surface area contributed by atoms with E-state index < -0.39 is 0 Å². The van der Waals surface area contributed by atoms with Crippen LogP contribution in [0.5, 0.6) is 0 Å². The van der Waals surface area contributed by atoms with E-state index in [1.165, 1.54) is 31.4 Å². The fourth-order valence-corrected chi connectivity index (χ4v) is 2.92. The largest absolute Gasteiger partial charge is 0.308 e. The molecule has 2 rings (SSSR count). The van der Waals surface area contributed by atoms with Gasteiger partial charge < -0.3 is 5.32 Å². The Morgan fingerprint density at radius 3 is 3.06 bits per heavy atom. The lowest BCUT2D eigenvalue weighted by Crippen LogP contribution is -2.37. The zero-order valence-corrected chi connectivity index (χ0v) is 11.4. The van der Waals surface area contributed by atoms with Crippen LogP contribution in [0.1, 0.15) is 52.1 Å².